The zero-order valence-corrected chi connectivity index (χ0v) is 9.36. The molecule has 5 heteroatoms. The summed E-state index contributed by atoms with van der Waals surface area (Å²) in [6.45, 7) is 5.06. The molecule has 0 aromatic carbocycles. The van der Waals surface area contributed by atoms with E-state index in [1.54, 1.807) is 0 Å². The lowest BCUT2D eigenvalue weighted by Crippen LogP contribution is -2.21. The highest BCUT2D eigenvalue weighted by Crippen LogP contribution is 2.14. The lowest BCUT2D eigenvalue weighted by Gasteiger charge is -2.08. The summed E-state index contributed by atoms with van der Waals surface area (Å²) in [6.07, 6.45) is -2.68. The van der Waals surface area contributed by atoms with Crippen molar-refractivity contribution in [2.45, 2.75) is 32.9 Å². The molecule has 15 heavy (non-hydrogen) atoms. The molecule has 0 aliphatic heterocycles. The van der Waals surface area contributed by atoms with E-state index in [-0.39, 0.29) is 6.61 Å². The van der Waals surface area contributed by atoms with E-state index < -0.39 is 12.8 Å². The van der Waals surface area contributed by atoms with Gasteiger partial charge in [-0.3, -0.25) is 0 Å². The molecule has 0 aromatic rings. The first kappa shape index (κ1) is 14.7. The van der Waals surface area contributed by atoms with Gasteiger partial charge in [0.25, 0.3) is 0 Å². The van der Waals surface area contributed by atoms with Crippen LogP contribution < -0.4 is 5.32 Å². The van der Waals surface area contributed by atoms with E-state index in [1.165, 1.54) is 0 Å². The van der Waals surface area contributed by atoms with Crippen LogP contribution in [0.2, 0.25) is 0 Å². The van der Waals surface area contributed by atoms with Crippen molar-refractivity contribution < 1.29 is 17.9 Å². The van der Waals surface area contributed by atoms with E-state index in [0.29, 0.717) is 12.3 Å². The molecule has 0 fully saturated rings. The second kappa shape index (κ2) is 7.93. The molecule has 0 bridgehead atoms. The van der Waals surface area contributed by atoms with Gasteiger partial charge in [-0.1, -0.05) is 13.8 Å². The third-order valence-electron chi connectivity index (χ3n) is 1.71. The molecule has 1 N–H and O–H groups in total. The summed E-state index contributed by atoms with van der Waals surface area (Å²) in [5.41, 5.74) is 0. The van der Waals surface area contributed by atoms with Crippen molar-refractivity contribution >= 4 is 0 Å². The monoisotopic (exact) mass is 227 g/mol. The minimum Gasteiger partial charge on any atom is -0.372 e. The third-order valence-corrected chi connectivity index (χ3v) is 1.71. The molecule has 0 saturated heterocycles. The van der Waals surface area contributed by atoms with Crippen molar-refractivity contribution in [3.8, 4) is 0 Å². The van der Waals surface area contributed by atoms with Gasteiger partial charge in [-0.05, 0) is 31.8 Å². The van der Waals surface area contributed by atoms with Crippen molar-refractivity contribution in [1.29, 1.82) is 0 Å². The Labute approximate surface area is 89.2 Å². The number of alkyl halides is 3. The average Bonchev–Trinajstić information content (AvgIpc) is 2.07. The van der Waals surface area contributed by atoms with Gasteiger partial charge in [0.2, 0.25) is 0 Å². The van der Waals surface area contributed by atoms with Gasteiger partial charge in [0.1, 0.15) is 6.61 Å². The smallest absolute Gasteiger partial charge is 0.372 e. The Morgan fingerprint density at radius 3 is 2.40 bits per heavy atom. The summed E-state index contributed by atoms with van der Waals surface area (Å²) < 4.78 is 39.4. The van der Waals surface area contributed by atoms with Crippen LogP contribution in [-0.2, 0) is 4.74 Å². The molecule has 0 rings (SSSR count). The van der Waals surface area contributed by atoms with E-state index >= 15 is 0 Å². The van der Waals surface area contributed by atoms with Gasteiger partial charge >= 0.3 is 6.18 Å². The maximum Gasteiger partial charge on any atom is 0.411 e. The number of halogens is 3. The van der Waals surface area contributed by atoms with Gasteiger partial charge in [-0.2, -0.15) is 13.2 Å². The predicted octanol–water partition coefficient (Wildman–Crippen LogP) is 2.59. The highest BCUT2D eigenvalue weighted by molar-refractivity contribution is 4.52. The quantitative estimate of drug-likeness (QED) is 0.643. The Hall–Kier alpha value is -0.290. The summed E-state index contributed by atoms with van der Waals surface area (Å²) >= 11 is 0. The first-order valence-electron chi connectivity index (χ1n) is 5.27. The topological polar surface area (TPSA) is 21.3 Å². The Kier molecular flexibility index (Phi) is 7.78. The van der Waals surface area contributed by atoms with Crippen LogP contribution in [0, 0.1) is 5.92 Å². The first-order chi connectivity index (χ1) is 6.92. The van der Waals surface area contributed by atoms with Crippen molar-refractivity contribution in [3.05, 3.63) is 0 Å². The largest absolute Gasteiger partial charge is 0.411 e. The second-order valence-corrected chi connectivity index (χ2v) is 3.97. The van der Waals surface area contributed by atoms with Gasteiger partial charge in [-0.25, -0.2) is 0 Å². The molecule has 0 aliphatic rings. The van der Waals surface area contributed by atoms with Crippen LogP contribution in [0.5, 0.6) is 0 Å². The fourth-order valence-corrected chi connectivity index (χ4v) is 1.03. The molecule has 0 heterocycles. The maximum atomic E-state index is 11.6. The van der Waals surface area contributed by atoms with Gasteiger partial charge in [-0.15, -0.1) is 0 Å². The fraction of sp³-hybridized carbons (Fsp3) is 1.00. The second-order valence-electron chi connectivity index (χ2n) is 3.97. The average molecular weight is 227 g/mol. The summed E-state index contributed by atoms with van der Waals surface area (Å²) in [7, 11) is 0. The normalized spacial score (nSPS) is 12.4. The number of hydrogen-bond acceptors (Lipinski definition) is 2. The number of ether oxygens (including phenoxy) is 1. The molecular formula is C10H20F3NO. The SMILES string of the molecule is CC(C)CNCCCCOCC(F)(F)F. The lowest BCUT2D eigenvalue weighted by molar-refractivity contribution is -0.174. The van der Waals surface area contributed by atoms with Gasteiger partial charge in [0.15, 0.2) is 0 Å². The Morgan fingerprint density at radius 1 is 1.20 bits per heavy atom. The van der Waals surface area contributed by atoms with Crippen LogP contribution in [0.1, 0.15) is 26.7 Å². The van der Waals surface area contributed by atoms with Crippen LogP contribution in [0.4, 0.5) is 13.2 Å². The highest BCUT2D eigenvalue weighted by atomic mass is 19.4. The lowest BCUT2D eigenvalue weighted by atomic mass is 10.2. The van der Waals surface area contributed by atoms with Crippen molar-refractivity contribution in [2.24, 2.45) is 5.92 Å². The summed E-state index contributed by atoms with van der Waals surface area (Å²) in [5, 5.41) is 3.21. The minimum atomic E-state index is -4.20. The minimum absolute atomic E-state index is 0.183. The van der Waals surface area contributed by atoms with Gasteiger partial charge < -0.3 is 10.1 Å². The van der Waals surface area contributed by atoms with Crippen molar-refractivity contribution in [2.75, 3.05) is 26.3 Å². The molecule has 92 valence electrons. The number of rotatable bonds is 8. The standard InChI is InChI=1S/C10H20F3NO/c1-9(2)7-14-5-3-4-6-15-8-10(11,12)13/h9,14H,3-8H2,1-2H3. The van der Waals surface area contributed by atoms with Crippen LogP contribution >= 0.6 is 0 Å². The van der Waals surface area contributed by atoms with E-state index in [2.05, 4.69) is 23.9 Å². The van der Waals surface area contributed by atoms with E-state index in [4.69, 9.17) is 0 Å². The first-order valence-corrected chi connectivity index (χ1v) is 5.27. The number of unbranched alkanes of at least 4 members (excludes halogenated alkanes) is 1. The third kappa shape index (κ3) is 13.7. The molecule has 0 atom stereocenters. The van der Waals surface area contributed by atoms with Crippen molar-refractivity contribution in [3.63, 3.8) is 0 Å². The predicted molar refractivity (Wildman–Crippen MR) is 53.8 cm³/mol. The summed E-state index contributed by atoms with van der Waals surface area (Å²) in [5.74, 6) is 0.603. The highest BCUT2D eigenvalue weighted by Gasteiger charge is 2.26. The molecule has 0 saturated carbocycles. The van der Waals surface area contributed by atoms with Crippen LogP contribution in [-0.4, -0.2) is 32.5 Å². The number of hydrogen-bond donors (Lipinski definition) is 1. The zero-order valence-electron chi connectivity index (χ0n) is 9.36. The zero-order chi connectivity index (χ0) is 11.7. The molecule has 0 unspecified atom stereocenters. The van der Waals surface area contributed by atoms with Crippen LogP contribution in [0.3, 0.4) is 0 Å². The van der Waals surface area contributed by atoms with Gasteiger partial charge in [0.05, 0.1) is 0 Å². The summed E-state index contributed by atoms with van der Waals surface area (Å²) in [6, 6.07) is 0. The Morgan fingerprint density at radius 2 is 1.87 bits per heavy atom. The van der Waals surface area contributed by atoms with E-state index in [0.717, 1.165) is 19.5 Å². The van der Waals surface area contributed by atoms with Crippen LogP contribution in [0.15, 0.2) is 0 Å². The molecular weight excluding hydrogens is 207 g/mol. The molecule has 0 amide bonds. The number of nitrogens with one attached hydrogen (secondary N) is 1. The maximum absolute atomic E-state index is 11.6. The van der Waals surface area contributed by atoms with E-state index in [1.807, 2.05) is 0 Å². The van der Waals surface area contributed by atoms with Gasteiger partial charge in [0, 0.05) is 6.61 Å². The molecule has 2 nitrogen and oxygen atoms in total. The molecule has 0 radical (unpaired) electrons. The Bertz CT molecular complexity index is 148. The molecule has 0 spiro atoms. The summed E-state index contributed by atoms with van der Waals surface area (Å²) in [4.78, 5) is 0. The fourth-order valence-electron chi connectivity index (χ4n) is 1.03. The van der Waals surface area contributed by atoms with Crippen LogP contribution in [0.25, 0.3) is 0 Å². The van der Waals surface area contributed by atoms with E-state index in [9.17, 15) is 13.2 Å². The molecule has 0 aromatic heterocycles. The molecule has 0 aliphatic carbocycles. The van der Waals surface area contributed by atoms with Crippen molar-refractivity contribution in [1.82, 2.24) is 5.32 Å². The Balaban J connectivity index is 3.06.